The Bertz CT molecular complexity index is 2570. The number of hydrogen-bond donors (Lipinski definition) is 2. The molecule has 0 bridgehead atoms. The van der Waals surface area contributed by atoms with E-state index >= 15 is 0 Å². The molecule has 10 nitrogen and oxygen atoms in total. The zero-order chi connectivity index (χ0) is 40.0. The third kappa shape index (κ3) is 11.2. The van der Waals surface area contributed by atoms with Gasteiger partial charge in [0.15, 0.2) is 0 Å². The lowest BCUT2D eigenvalue weighted by atomic mass is 10.0. The summed E-state index contributed by atoms with van der Waals surface area (Å²) in [6.07, 6.45) is 11.9. The Kier molecular flexibility index (Phi) is 13.9. The molecule has 4 heterocycles. The molecule has 8 aromatic rings. The summed E-state index contributed by atoms with van der Waals surface area (Å²) in [6, 6.07) is 32.4. The number of benzene rings is 4. The second kappa shape index (κ2) is 19.8. The van der Waals surface area contributed by atoms with Crippen molar-refractivity contribution in [1.82, 2.24) is 29.9 Å². The van der Waals surface area contributed by atoms with Crippen LogP contribution >= 0.6 is 11.6 Å². The van der Waals surface area contributed by atoms with Crippen molar-refractivity contribution in [3.63, 3.8) is 0 Å². The van der Waals surface area contributed by atoms with Crippen molar-refractivity contribution in [2.24, 2.45) is 0 Å². The highest BCUT2D eigenvalue weighted by molar-refractivity contribution is 6.29. The Balaban J connectivity index is 0.000000164. The number of nitrogens with two attached hydrogens (primary N) is 1. The first-order chi connectivity index (χ1) is 27.8. The van der Waals surface area contributed by atoms with Crippen molar-refractivity contribution in [3.8, 4) is 11.5 Å². The second-order valence-electron chi connectivity index (χ2n) is 13.1. The molecule has 4 aromatic heterocycles. The average Bonchev–Trinajstić information content (AvgIpc) is 3.24. The van der Waals surface area contributed by atoms with E-state index < -0.39 is 0 Å². The van der Waals surface area contributed by atoms with E-state index in [2.05, 4.69) is 98.5 Å². The van der Waals surface area contributed by atoms with Gasteiger partial charge in [-0.3, -0.25) is 9.97 Å². The van der Waals surface area contributed by atoms with Crippen LogP contribution in [0.2, 0.25) is 5.15 Å². The molecular weight excluding hydrogens is 732 g/mol. The van der Waals surface area contributed by atoms with Crippen LogP contribution in [0.3, 0.4) is 0 Å². The molecule has 288 valence electrons. The number of rotatable bonds is 10. The van der Waals surface area contributed by atoms with Gasteiger partial charge in [-0.25, -0.2) is 19.9 Å². The number of hydrogen-bond acceptors (Lipinski definition) is 10. The van der Waals surface area contributed by atoms with Crippen LogP contribution < -0.4 is 20.5 Å². The van der Waals surface area contributed by atoms with Crippen LogP contribution in [-0.2, 0) is 26.1 Å². The SMILES string of the molecule is CCc1cncc(N)n1.CCc1cncc(Nc2cc(COc3ccc(C)c4ccccc34)ccn2)n1.Cc1ccc(OCc2ccnc(Cl)c2)c2ccccc12. The maximum atomic E-state index is 6.12. The Morgan fingerprint density at radius 2 is 1.11 bits per heavy atom. The number of aromatic nitrogens is 6. The fourth-order valence-corrected chi connectivity index (χ4v) is 6.14. The van der Waals surface area contributed by atoms with Gasteiger partial charge in [0.2, 0.25) is 0 Å². The molecule has 0 aliphatic rings. The van der Waals surface area contributed by atoms with Crippen molar-refractivity contribution in [2.45, 2.75) is 53.8 Å². The van der Waals surface area contributed by atoms with Crippen LogP contribution in [0.5, 0.6) is 11.5 Å². The number of halogens is 1. The highest BCUT2D eigenvalue weighted by atomic mass is 35.5. The molecule has 0 aliphatic carbocycles. The summed E-state index contributed by atoms with van der Waals surface area (Å²) in [6.45, 7) is 9.24. The summed E-state index contributed by atoms with van der Waals surface area (Å²) in [5, 5.41) is 8.39. The Hall–Kier alpha value is -6.65. The third-order valence-electron chi connectivity index (χ3n) is 8.98. The topological polar surface area (TPSA) is 134 Å². The van der Waals surface area contributed by atoms with Crippen LogP contribution in [0, 0.1) is 13.8 Å². The number of aryl methyl sites for hydroxylation is 4. The normalized spacial score (nSPS) is 10.5. The highest BCUT2D eigenvalue weighted by Gasteiger charge is 2.07. The molecule has 0 amide bonds. The zero-order valence-corrected chi connectivity index (χ0v) is 33.2. The van der Waals surface area contributed by atoms with Gasteiger partial charge in [0.05, 0.1) is 23.8 Å². The van der Waals surface area contributed by atoms with Crippen molar-refractivity contribution in [1.29, 1.82) is 0 Å². The number of nitrogen functional groups attached to an aromatic ring is 1. The zero-order valence-electron chi connectivity index (χ0n) is 32.5. The summed E-state index contributed by atoms with van der Waals surface area (Å²) in [7, 11) is 0. The molecule has 0 saturated heterocycles. The fraction of sp³-hybridized carbons (Fsp3) is 0.174. The molecular formula is C46H45ClN8O2. The lowest BCUT2D eigenvalue weighted by Crippen LogP contribution is -2.01. The minimum Gasteiger partial charge on any atom is -0.488 e. The maximum Gasteiger partial charge on any atom is 0.150 e. The lowest BCUT2D eigenvalue weighted by molar-refractivity contribution is 0.310. The molecule has 0 atom stereocenters. The van der Waals surface area contributed by atoms with E-state index in [0.29, 0.717) is 30.0 Å². The van der Waals surface area contributed by atoms with Gasteiger partial charge in [-0.15, -0.1) is 0 Å². The van der Waals surface area contributed by atoms with Crippen molar-refractivity contribution in [3.05, 3.63) is 173 Å². The first-order valence-corrected chi connectivity index (χ1v) is 19.1. The lowest BCUT2D eigenvalue weighted by Gasteiger charge is -2.12. The van der Waals surface area contributed by atoms with Crippen molar-refractivity contribution < 1.29 is 9.47 Å². The summed E-state index contributed by atoms with van der Waals surface area (Å²) < 4.78 is 12.0. The average molecular weight is 777 g/mol. The van der Waals surface area contributed by atoms with Gasteiger partial charge in [-0.2, -0.15) is 0 Å². The van der Waals surface area contributed by atoms with E-state index in [1.807, 2.05) is 61.5 Å². The quantitative estimate of drug-likeness (QED) is 0.129. The molecule has 3 N–H and O–H groups in total. The first-order valence-electron chi connectivity index (χ1n) is 18.7. The maximum absolute atomic E-state index is 6.12. The van der Waals surface area contributed by atoms with Gasteiger partial charge in [0.25, 0.3) is 0 Å². The Labute approximate surface area is 338 Å². The Morgan fingerprint density at radius 3 is 1.65 bits per heavy atom. The molecule has 0 fully saturated rings. The van der Waals surface area contributed by atoms with E-state index in [9.17, 15) is 0 Å². The van der Waals surface area contributed by atoms with E-state index in [0.717, 1.165) is 63.4 Å². The van der Waals surface area contributed by atoms with Crippen molar-refractivity contribution in [2.75, 3.05) is 11.1 Å². The van der Waals surface area contributed by atoms with Gasteiger partial charge in [-0.05, 0) is 96.1 Å². The van der Waals surface area contributed by atoms with Crippen LogP contribution in [0.15, 0.2) is 134 Å². The van der Waals surface area contributed by atoms with E-state index in [1.54, 1.807) is 37.2 Å². The molecule has 0 saturated carbocycles. The van der Waals surface area contributed by atoms with E-state index in [-0.39, 0.29) is 0 Å². The summed E-state index contributed by atoms with van der Waals surface area (Å²) in [5.74, 6) is 3.68. The van der Waals surface area contributed by atoms with E-state index in [1.165, 1.54) is 21.9 Å². The number of nitrogens with one attached hydrogen (secondary N) is 1. The number of fused-ring (bicyclic) bond motifs is 2. The molecule has 4 aromatic carbocycles. The van der Waals surface area contributed by atoms with Gasteiger partial charge in [0.1, 0.15) is 47.3 Å². The standard InChI is InChI=1S/C23H22N4O.C17H14ClNO.C6H9N3/c1-3-18-13-24-14-23(26-18)27-22-12-17(10-11-25-22)15-28-21-9-8-16(2)19-6-4-5-7-20(19)21;1-12-6-7-16(15-5-3-2-4-14(12)15)20-11-13-8-9-19-17(18)10-13;1-2-5-3-8-4-6(7)9-5/h4-14H,3,15H2,1-2H3,(H,25,26,27);2-10H,11H2,1H3;3-4H,2H2,1H3,(H2,7,9). The molecule has 11 heteroatoms. The summed E-state index contributed by atoms with van der Waals surface area (Å²) >= 11 is 5.88. The molecule has 0 spiro atoms. The monoisotopic (exact) mass is 776 g/mol. The molecule has 0 aliphatic heterocycles. The predicted molar refractivity (Wildman–Crippen MR) is 230 cm³/mol. The molecule has 0 radical (unpaired) electrons. The van der Waals surface area contributed by atoms with Gasteiger partial charge < -0.3 is 20.5 Å². The smallest absolute Gasteiger partial charge is 0.150 e. The number of anilines is 3. The summed E-state index contributed by atoms with van der Waals surface area (Å²) in [4.78, 5) is 24.9. The minimum absolute atomic E-state index is 0.463. The van der Waals surface area contributed by atoms with Crippen LogP contribution in [-0.4, -0.2) is 29.9 Å². The van der Waals surface area contributed by atoms with Crippen LogP contribution in [0.4, 0.5) is 17.5 Å². The fourth-order valence-electron chi connectivity index (χ4n) is 5.94. The number of pyridine rings is 2. The second-order valence-corrected chi connectivity index (χ2v) is 13.5. The van der Waals surface area contributed by atoms with Gasteiger partial charge in [-0.1, -0.05) is 86.1 Å². The highest BCUT2D eigenvalue weighted by Crippen LogP contribution is 2.30. The number of nitrogens with zero attached hydrogens (tertiary/aromatic N) is 6. The third-order valence-corrected chi connectivity index (χ3v) is 9.18. The largest absolute Gasteiger partial charge is 0.488 e. The number of ether oxygens (including phenoxy) is 2. The van der Waals surface area contributed by atoms with Crippen molar-refractivity contribution >= 4 is 50.6 Å². The molecule has 57 heavy (non-hydrogen) atoms. The van der Waals surface area contributed by atoms with E-state index in [4.69, 9.17) is 26.8 Å². The van der Waals surface area contributed by atoms with Crippen LogP contribution in [0.25, 0.3) is 21.5 Å². The molecule has 0 unspecified atom stereocenters. The van der Waals surface area contributed by atoms with Gasteiger partial charge in [0, 0.05) is 35.6 Å². The van der Waals surface area contributed by atoms with Crippen LogP contribution in [0.1, 0.15) is 47.5 Å². The Morgan fingerprint density at radius 1 is 0.579 bits per heavy atom. The first kappa shape index (κ1) is 40.0. The predicted octanol–water partition coefficient (Wildman–Crippen LogP) is 10.6. The minimum atomic E-state index is 0.463. The summed E-state index contributed by atoms with van der Waals surface area (Å²) in [5.41, 5.74) is 11.8. The molecule has 8 rings (SSSR count). The van der Waals surface area contributed by atoms with Gasteiger partial charge >= 0.3 is 0 Å².